The van der Waals surface area contributed by atoms with Crippen LogP contribution in [0.3, 0.4) is 0 Å². The van der Waals surface area contributed by atoms with E-state index in [0.29, 0.717) is 6.42 Å². The molecule has 1 rings (SSSR count). The number of hydrogen-bond donors (Lipinski definition) is 3. The highest BCUT2D eigenvalue weighted by atomic mass is 32.1. The van der Waals surface area contributed by atoms with Crippen molar-refractivity contribution in [3.8, 4) is 0 Å². The fourth-order valence-electron chi connectivity index (χ4n) is 1.27. The minimum atomic E-state index is 0.0277. The normalized spacial score (nSPS) is 13.0. The van der Waals surface area contributed by atoms with E-state index < -0.39 is 0 Å². The van der Waals surface area contributed by atoms with E-state index >= 15 is 0 Å². The van der Waals surface area contributed by atoms with E-state index in [1.54, 1.807) is 11.3 Å². The van der Waals surface area contributed by atoms with Crippen LogP contribution in [0.4, 0.5) is 0 Å². The molecule has 1 aromatic rings. The Balaban J connectivity index is 2.13. The highest BCUT2D eigenvalue weighted by molar-refractivity contribution is 7.09. The van der Waals surface area contributed by atoms with Crippen molar-refractivity contribution in [2.75, 3.05) is 19.8 Å². The molecule has 0 amide bonds. The first-order valence-corrected chi connectivity index (χ1v) is 5.72. The minimum absolute atomic E-state index is 0.0277. The lowest BCUT2D eigenvalue weighted by atomic mass is 10.2. The topological polar surface area (TPSA) is 52.5 Å². The first-order valence-electron chi connectivity index (χ1n) is 4.84. The molecule has 0 saturated carbocycles. The molecule has 0 fully saturated rings. The highest BCUT2D eigenvalue weighted by Crippen LogP contribution is 2.08. The van der Waals surface area contributed by atoms with Gasteiger partial charge in [-0.25, -0.2) is 0 Å². The van der Waals surface area contributed by atoms with Crippen LogP contribution in [0.25, 0.3) is 0 Å². The van der Waals surface area contributed by atoms with Crippen molar-refractivity contribution in [3.63, 3.8) is 0 Å². The van der Waals surface area contributed by atoms with Crippen LogP contribution in [-0.2, 0) is 6.42 Å². The van der Waals surface area contributed by atoms with Gasteiger partial charge in [-0.2, -0.15) is 0 Å². The third kappa shape index (κ3) is 4.19. The van der Waals surface area contributed by atoms with E-state index in [1.807, 2.05) is 6.07 Å². The lowest BCUT2D eigenvalue weighted by Gasteiger charge is -2.14. The SMILES string of the molecule is OCCC(CO)NCCc1cccs1. The van der Waals surface area contributed by atoms with Crippen molar-refractivity contribution in [2.45, 2.75) is 18.9 Å². The van der Waals surface area contributed by atoms with Gasteiger partial charge in [-0.1, -0.05) is 6.07 Å². The third-order valence-corrected chi connectivity index (χ3v) is 3.02. The summed E-state index contributed by atoms with van der Waals surface area (Å²) in [7, 11) is 0. The summed E-state index contributed by atoms with van der Waals surface area (Å²) in [6, 6.07) is 4.17. The van der Waals surface area contributed by atoms with Crippen LogP contribution in [0.5, 0.6) is 0 Å². The second-order valence-corrected chi connectivity index (χ2v) is 4.21. The summed E-state index contributed by atoms with van der Waals surface area (Å²) in [6.45, 7) is 1.06. The molecule has 14 heavy (non-hydrogen) atoms. The van der Waals surface area contributed by atoms with E-state index in [-0.39, 0.29) is 19.3 Å². The Hall–Kier alpha value is -0.420. The molecule has 80 valence electrons. The number of nitrogens with one attached hydrogen (secondary N) is 1. The fourth-order valence-corrected chi connectivity index (χ4v) is 1.98. The standard InChI is InChI=1S/C10H17NO2S/c12-6-4-9(8-13)11-5-3-10-2-1-7-14-10/h1-2,7,9,11-13H,3-6,8H2. The zero-order chi connectivity index (χ0) is 10.2. The number of hydrogen-bond acceptors (Lipinski definition) is 4. The molecule has 1 aromatic heterocycles. The molecule has 4 heteroatoms. The van der Waals surface area contributed by atoms with Crippen LogP contribution in [0.2, 0.25) is 0 Å². The molecular formula is C10H17NO2S. The van der Waals surface area contributed by atoms with Gasteiger partial charge >= 0.3 is 0 Å². The van der Waals surface area contributed by atoms with E-state index in [2.05, 4.69) is 16.8 Å². The van der Waals surface area contributed by atoms with Crippen molar-refractivity contribution in [1.82, 2.24) is 5.32 Å². The van der Waals surface area contributed by atoms with Crippen LogP contribution < -0.4 is 5.32 Å². The summed E-state index contributed by atoms with van der Waals surface area (Å²) in [5, 5.41) is 22.9. The average molecular weight is 215 g/mol. The monoisotopic (exact) mass is 215 g/mol. The van der Waals surface area contributed by atoms with Gasteiger partial charge in [-0.05, 0) is 24.3 Å². The molecule has 0 aliphatic heterocycles. The number of aliphatic hydroxyl groups excluding tert-OH is 2. The number of thiophene rings is 1. The predicted octanol–water partition coefficient (Wildman–Crippen LogP) is 0.623. The van der Waals surface area contributed by atoms with Crippen molar-refractivity contribution in [2.24, 2.45) is 0 Å². The quantitative estimate of drug-likeness (QED) is 0.625. The summed E-state index contributed by atoms with van der Waals surface area (Å²) >= 11 is 1.74. The molecule has 3 nitrogen and oxygen atoms in total. The maximum atomic E-state index is 8.94. The summed E-state index contributed by atoms with van der Waals surface area (Å²) in [5.74, 6) is 0. The largest absolute Gasteiger partial charge is 0.396 e. The van der Waals surface area contributed by atoms with Crippen LogP contribution in [-0.4, -0.2) is 36.0 Å². The summed E-state index contributed by atoms with van der Waals surface area (Å²) < 4.78 is 0. The van der Waals surface area contributed by atoms with Crippen LogP contribution in [0.15, 0.2) is 17.5 Å². The van der Waals surface area contributed by atoms with Crippen LogP contribution in [0.1, 0.15) is 11.3 Å². The van der Waals surface area contributed by atoms with Gasteiger partial charge in [-0.15, -0.1) is 11.3 Å². The number of rotatable bonds is 7. The van der Waals surface area contributed by atoms with Gasteiger partial charge in [0.25, 0.3) is 0 Å². The van der Waals surface area contributed by atoms with Gasteiger partial charge in [-0.3, -0.25) is 0 Å². The molecule has 0 radical (unpaired) electrons. The van der Waals surface area contributed by atoms with Gasteiger partial charge in [0.15, 0.2) is 0 Å². The smallest absolute Gasteiger partial charge is 0.0585 e. The lowest BCUT2D eigenvalue weighted by Crippen LogP contribution is -2.34. The molecule has 0 aromatic carbocycles. The molecule has 1 heterocycles. The Morgan fingerprint density at radius 2 is 2.29 bits per heavy atom. The molecule has 0 aliphatic rings. The Morgan fingerprint density at radius 3 is 2.86 bits per heavy atom. The zero-order valence-electron chi connectivity index (χ0n) is 8.15. The summed E-state index contributed by atoms with van der Waals surface area (Å²) in [5.41, 5.74) is 0. The molecule has 3 N–H and O–H groups in total. The van der Waals surface area contributed by atoms with Gasteiger partial charge in [0.05, 0.1) is 6.61 Å². The number of aliphatic hydroxyl groups is 2. The van der Waals surface area contributed by atoms with Gasteiger partial charge < -0.3 is 15.5 Å². The van der Waals surface area contributed by atoms with Crippen LogP contribution >= 0.6 is 11.3 Å². The van der Waals surface area contributed by atoms with Gasteiger partial charge in [0.1, 0.15) is 0 Å². The Bertz CT molecular complexity index is 226. The maximum absolute atomic E-state index is 8.94. The molecule has 0 aliphatic carbocycles. The first kappa shape index (κ1) is 11.7. The maximum Gasteiger partial charge on any atom is 0.0585 e. The van der Waals surface area contributed by atoms with Crippen molar-refractivity contribution in [3.05, 3.63) is 22.4 Å². The minimum Gasteiger partial charge on any atom is -0.396 e. The van der Waals surface area contributed by atoms with Crippen molar-refractivity contribution in [1.29, 1.82) is 0 Å². The van der Waals surface area contributed by atoms with E-state index in [4.69, 9.17) is 10.2 Å². The Labute approximate surface area is 88.4 Å². The molecule has 0 spiro atoms. The predicted molar refractivity (Wildman–Crippen MR) is 58.6 cm³/mol. The Morgan fingerprint density at radius 1 is 1.43 bits per heavy atom. The van der Waals surface area contributed by atoms with E-state index in [1.165, 1.54) is 4.88 Å². The molecular weight excluding hydrogens is 198 g/mol. The second-order valence-electron chi connectivity index (χ2n) is 3.18. The Kier molecular flexibility index (Phi) is 5.78. The zero-order valence-corrected chi connectivity index (χ0v) is 8.96. The van der Waals surface area contributed by atoms with Gasteiger partial charge in [0.2, 0.25) is 0 Å². The van der Waals surface area contributed by atoms with Crippen molar-refractivity contribution >= 4 is 11.3 Å². The fraction of sp³-hybridized carbons (Fsp3) is 0.600. The highest BCUT2D eigenvalue weighted by Gasteiger charge is 2.04. The first-order chi connectivity index (χ1) is 6.86. The van der Waals surface area contributed by atoms with Crippen LogP contribution in [0, 0.1) is 0 Å². The molecule has 1 unspecified atom stereocenters. The van der Waals surface area contributed by atoms with E-state index in [0.717, 1.165) is 13.0 Å². The van der Waals surface area contributed by atoms with Crippen molar-refractivity contribution < 1.29 is 10.2 Å². The van der Waals surface area contributed by atoms with Gasteiger partial charge in [0, 0.05) is 24.1 Å². The summed E-state index contributed by atoms with van der Waals surface area (Å²) in [6.07, 6.45) is 1.60. The average Bonchev–Trinajstić information content (AvgIpc) is 2.69. The molecule has 0 bridgehead atoms. The second kappa shape index (κ2) is 6.95. The molecule has 1 atom stereocenters. The third-order valence-electron chi connectivity index (χ3n) is 2.08. The van der Waals surface area contributed by atoms with E-state index in [9.17, 15) is 0 Å². The summed E-state index contributed by atoms with van der Waals surface area (Å²) in [4.78, 5) is 1.35. The lowest BCUT2D eigenvalue weighted by molar-refractivity contribution is 0.201. The molecule has 0 saturated heterocycles.